The highest BCUT2D eigenvalue weighted by molar-refractivity contribution is 6.42. The molecule has 9 nitrogen and oxygen atoms in total. The molecule has 0 bridgehead atoms. The van der Waals surface area contributed by atoms with Crippen LogP contribution in [0.5, 0.6) is 0 Å². The molecule has 11 heteroatoms. The fraction of sp³-hybridized carbons (Fsp3) is 0.625. The van der Waals surface area contributed by atoms with Gasteiger partial charge in [0.05, 0.1) is 41.4 Å². The Hall–Kier alpha value is -2.07. The van der Waals surface area contributed by atoms with Gasteiger partial charge in [0.25, 0.3) is 0 Å². The van der Waals surface area contributed by atoms with E-state index in [9.17, 15) is 19.5 Å². The molecule has 3 unspecified atom stereocenters. The van der Waals surface area contributed by atoms with E-state index in [0.717, 1.165) is 19.3 Å². The number of halogens is 2. The number of carbonyl (C=O) groups excluding carboxylic acids is 3. The number of anilines is 1. The zero-order valence-corrected chi connectivity index (χ0v) is 21.1. The van der Waals surface area contributed by atoms with Crippen LogP contribution in [0, 0.1) is 5.41 Å². The van der Waals surface area contributed by atoms with Crippen LogP contribution in [0.15, 0.2) is 18.2 Å². The van der Waals surface area contributed by atoms with Crippen molar-refractivity contribution in [3.8, 4) is 0 Å². The van der Waals surface area contributed by atoms with Gasteiger partial charge in [-0.3, -0.25) is 9.59 Å². The first-order valence-corrected chi connectivity index (χ1v) is 12.8. The van der Waals surface area contributed by atoms with Crippen molar-refractivity contribution < 1.29 is 24.2 Å². The smallest absolute Gasteiger partial charge is 0.322 e. The van der Waals surface area contributed by atoms with Crippen LogP contribution < -0.4 is 5.32 Å². The molecule has 3 aliphatic heterocycles. The first-order valence-electron chi connectivity index (χ1n) is 12.1. The van der Waals surface area contributed by atoms with Crippen molar-refractivity contribution in [1.29, 1.82) is 0 Å². The van der Waals surface area contributed by atoms with Crippen LogP contribution in [0.4, 0.5) is 10.5 Å². The largest absolute Gasteiger partial charge is 0.391 e. The highest BCUT2D eigenvalue weighted by Gasteiger charge is 2.52. The molecule has 4 amide bonds. The van der Waals surface area contributed by atoms with Crippen molar-refractivity contribution in [2.75, 3.05) is 38.2 Å². The van der Waals surface area contributed by atoms with E-state index >= 15 is 0 Å². The number of benzene rings is 1. The Morgan fingerprint density at radius 2 is 1.94 bits per heavy atom. The Labute approximate surface area is 214 Å². The van der Waals surface area contributed by atoms with Crippen LogP contribution in [-0.2, 0) is 14.3 Å². The number of likely N-dealkylation sites (tertiary alicyclic amines) is 1. The molecule has 2 N–H and O–H groups in total. The maximum atomic E-state index is 13.4. The number of nitrogens with zero attached hydrogens (tertiary/aromatic N) is 3. The first kappa shape index (κ1) is 24.6. The topological polar surface area (TPSA) is 102 Å². The number of hydrogen-bond acceptors (Lipinski definition) is 5. The van der Waals surface area contributed by atoms with Gasteiger partial charge in [-0.1, -0.05) is 23.2 Å². The van der Waals surface area contributed by atoms with Crippen LogP contribution in [0.25, 0.3) is 0 Å². The number of aliphatic hydroxyl groups excluding tert-OH is 1. The molecule has 4 atom stereocenters. The first-order chi connectivity index (χ1) is 16.7. The van der Waals surface area contributed by atoms with Gasteiger partial charge in [0.2, 0.25) is 11.8 Å². The number of amides is 4. The van der Waals surface area contributed by atoms with Gasteiger partial charge in [0.1, 0.15) is 6.04 Å². The minimum absolute atomic E-state index is 0.0233. The summed E-state index contributed by atoms with van der Waals surface area (Å²) in [6, 6.07) is 2.93. The summed E-state index contributed by atoms with van der Waals surface area (Å²) in [5.41, 5.74) is 0.502. The molecule has 35 heavy (non-hydrogen) atoms. The molecule has 1 aromatic carbocycles. The van der Waals surface area contributed by atoms with Crippen molar-refractivity contribution in [1.82, 2.24) is 14.7 Å². The van der Waals surface area contributed by atoms with Crippen molar-refractivity contribution in [3.63, 3.8) is 0 Å². The molecule has 1 aromatic rings. The summed E-state index contributed by atoms with van der Waals surface area (Å²) in [6.07, 6.45) is 2.55. The lowest BCUT2D eigenvalue weighted by molar-refractivity contribution is -0.161. The summed E-state index contributed by atoms with van der Waals surface area (Å²) in [7, 11) is 0. The molecule has 1 saturated carbocycles. The standard InChI is InChI=1S/C24H30Cl2N4O5/c1-14-22(33)30-16(9-21(32)28-7-6-24(4-5-24)20(31)11-28)12-35-13-17(30)10-29(14)23(34)27-15-2-3-18(25)19(26)8-15/h2-3,8,14,16-17,20,31H,4-7,9-13H2,1H3,(H,27,34)/t14?,16?,17?,20-/m1/s1. The number of aliphatic hydroxyl groups is 1. The van der Waals surface area contributed by atoms with Crippen LogP contribution >= 0.6 is 23.2 Å². The van der Waals surface area contributed by atoms with Crippen molar-refractivity contribution in [2.45, 2.75) is 56.8 Å². The lowest BCUT2D eigenvalue weighted by Gasteiger charge is -2.50. The number of piperazine rings is 1. The summed E-state index contributed by atoms with van der Waals surface area (Å²) in [5, 5.41) is 13.9. The van der Waals surface area contributed by atoms with Crippen molar-refractivity contribution in [2.24, 2.45) is 5.41 Å². The Kier molecular flexibility index (Phi) is 6.63. The molecule has 3 heterocycles. The number of β-amino-alcohol motifs (C(OH)–C–C–N with tert-alkyl or cyclic N) is 1. The van der Waals surface area contributed by atoms with Gasteiger partial charge in [-0.05, 0) is 49.8 Å². The Balaban J connectivity index is 1.23. The highest BCUT2D eigenvalue weighted by Crippen LogP contribution is 2.53. The number of morpholine rings is 1. The number of urea groups is 1. The summed E-state index contributed by atoms with van der Waals surface area (Å²) in [5.74, 6) is -0.281. The maximum Gasteiger partial charge on any atom is 0.322 e. The molecule has 5 rings (SSSR count). The fourth-order valence-electron chi connectivity index (χ4n) is 5.54. The number of ether oxygens (including phenoxy) is 1. The summed E-state index contributed by atoms with van der Waals surface area (Å²) >= 11 is 12.0. The molecule has 0 aromatic heterocycles. The van der Waals surface area contributed by atoms with Crippen molar-refractivity contribution >= 4 is 46.7 Å². The normalized spacial score (nSPS) is 29.7. The van der Waals surface area contributed by atoms with Gasteiger partial charge in [-0.15, -0.1) is 0 Å². The Bertz CT molecular complexity index is 1040. The van der Waals surface area contributed by atoms with E-state index in [-0.39, 0.29) is 42.8 Å². The number of piperidine rings is 1. The number of rotatable bonds is 3. The molecule has 4 fully saturated rings. The lowest BCUT2D eigenvalue weighted by atomic mass is 9.90. The van der Waals surface area contributed by atoms with E-state index in [4.69, 9.17) is 27.9 Å². The van der Waals surface area contributed by atoms with E-state index in [1.165, 1.54) is 4.90 Å². The Morgan fingerprint density at radius 3 is 2.63 bits per heavy atom. The Morgan fingerprint density at radius 1 is 1.17 bits per heavy atom. The van der Waals surface area contributed by atoms with Gasteiger partial charge in [0.15, 0.2) is 0 Å². The number of nitrogens with one attached hydrogen (secondary N) is 1. The minimum Gasteiger partial charge on any atom is -0.391 e. The molecule has 1 spiro atoms. The lowest BCUT2D eigenvalue weighted by Crippen LogP contribution is -2.69. The van der Waals surface area contributed by atoms with Gasteiger partial charge in [0, 0.05) is 31.7 Å². The third kappa shape index (κ3) is 4.71. The molecule has 3 saturated heterocycles. The summed E-state index contributed by atoms with van der Waals surface area (Å²) in [4.78, 5) is 44.4. The maximum absolute atomic E-state index is 13.4. The average molecular weight is 525 g/mol. The third-order valence-corrected chi connectivity index (χ3v) is 8.70. The van der Waals surface area contributed by atoms with Gasteiger partial charge >= 0.3 is 6.03 Å². The second kappa shape index (κ2) is 9.42. The zero-order chi connectivity index (χ0) is 24.9. The van der Waals surface area contributed by atoms with Crippen LogP contribution in [0.3, 0.4) is 0 Å². The summed E-state index contributed by atoms with van der Waals surface area (Å²) in [6.45, 7) is 3.54. The average Bonchev–Trinajstić information content (AvgIpc) is 3.61. The molecule has 1 aliphatic carbocycles. The predicted molar refractivity (Wildman–Crippen MR) is 130 cm³/mol. The summed E-state index contributed by atoms with van der Waals surface area (Å²) < 4.78 is 5.76. The zero-order valence-electron chi connectivity index (χ0n) is 19.6. The van der Waals surface area contributed by atoms with Gasteiger partial charge in [-0.25, -0.2) is 4.79 Å². The monoisotopic (exact) mass is 524 g/mol. The molecule has 0 radical (unpaired) electrons. The van der Waals surface area contributed by atoms with E-state index in [0.29, 0.717) is 35.4 Å². The van der Waals surface area contributed by atoms with E-state index in [1.54, 1.807) is 34.9 Å². The fourth-order valence-corrected chi connectivity index (χ4v) is 5.84. The molecule has 190 valence electrons. The van der Waals surface area contributed by atoms with Crippen LogP contribution in [-0.4, -0.2) is 94.7 Å². The molecular formula is C24H30Cl2N4O5. The second-order valence-corrected chi connectivity index (χ2v) is 11.0. The highest BCUT2D eigenvalue weighted by atomic mass is 35.5. The van der Waals surface area contributed by atoms with Crippen LogP contribution in [0.2, 0.25) is 10.0 Å². The van der Waals surface area contributed by atoms with E-state index in [2.05, 4.69) is 5.32 Å². The quantitative estimate of drug-likeness (QED) is 0.632. The minimum atomic E-state index is -0.698. The van der Waals surface area contributed by atoms with Gasteiger partial charge < -0.3 is 29.9 Å². The second-order valence-electron chi connectivity index (χ2n) is 10.2. The van der Waals surface area contributed by atoms with Gasteiger partial charge in [-0.2, -0.15) is 0 Å². The number of hydrogen-bond donors (Lipinski definition) is 2. The number of fused-ring (bicyclic) bond motifs is 1. The van der Waals surface area contributed by atoms with E-state index in [1.807, 2.05) is 0 Å². The molecule has 4 aliphatic rings. The van der Waals surface area contributed by atoms with Crippen LogP contribution in [0.1, 0.15) is 32.6 Å². The predicted octanol–water partition coefficient (Wildman–Crippen LogP) is 2.59. The SMILES string of the molecule is CC1C(=O)N2C(CC(=O)N3CCC4(CC4)[C@H](O)C3)COCC2CN1C(=O)Nc1ccc(Cl)c(Cl)c1. The van der Waals surface area contributed by atoms with Crippen molar-refractivity contribution in [3.05, 3.63) is 28.2 Å². The molecular weight excluding hydrogens is 495 g/mol. The third-order valence-electron chi connectivity index (χ3n) is 7.96. The number of carbonyl (C=O) groups is 3. The van der Waals surface area contributed by atoms with E-state index < -0.39 is 24.2 Å².